The summed E-state index contributed by atoms with van der Waals surface area (Å²) in [7, 11) is 3.85. The number of amides is 1. The molecule has 1 amide bonds. The van der Waals surface area contributed by atoms with Gasteiger partial charge in [-0.05, 0) is 26.8 Å². The number of thioether (sulfide) groups is 1. The van der Waals surface area contributed by atoms with Gasteiger partial charge in [0.25, 0.3) is 0 Å². The van der Waals surface area contributed by atoms with Crippen LogP contribution in [0.15, 0.2) is 4.52 Å². The van der Waals surface area contributed by atoms with E-state index in [1.807, 2.05) is 19.0 Å². The van der Waals surface area contributed by atoms with Gasteiger partial charge in [-0.1, -0.05) is 24.4 Å². The molecule has 0 aliphatic heterocycles. The summed E-state index contributed by atoms with van der Waals surface area (Å²) in [6.45, 7) is 2.07. The molecule has 130 valence electrons. The van der Waals surface area contributed by atoms with Gasteiger partial charge in [-0.2, -0.15) is 4.98 Å². The summed E-state index contributed by atoms with van der Waals surface area (Å²) in [4.78, 5) is 18.5. The van der Waals surface area contributed by atoms with Crippen LogP contribution < -0.4 is 5.32 Å². The van der Waals surface area contributed by atoms with Gasteiger partial charge in [-0.25, -0.2) is 0 Å². The molecule has 0 radical (unpaired) electrons. The fraction of sp³-hybridized carbons (Fsp3) is 0.812. The second kappa shape index (κ2) is 9.27. The maximum absolute atomic E-state index is 12.3. The number of nitrogens with zero attached hydrogens (tertiary/aromatic N) is 3. The minimum atomic E-state index is 0.199. The van der Waals surface area contributed by atoms with E-state index in [1.54, 1.807) is 11.8 Å². The third kappa shape index (κ3) is 5.80. The Balaban J connectivity index is 1.70. The first kappa shape index (κ1) is 18.3. The zero-order valence-electron chi connectivity index (χ0n) is 14.4. The smallest absolute Gasteiger partial charge is 0.236 e. The molecule has 7 heteroatoms. The van der Waals surface area contributed by atoms with Gasteiger partial charge in [0.05, 0.1) is 11.5 Å². The van der Waals surface area contributed by atoms with Gasteiger partial charge in [0, 0.05) is 25.6 Å². The fourth-order valence-corrected chi connectivity index (χ4v) is 3.58. The molecule has 1 aliphatic rings. The zero-order chi connectivity index (χ0) is 16.7. The van der Waals surface area contributed by atoms with Crippen LogP contribution in [-0.4, -0.2) is 52.9 Å². The number of carbonyl (C=O) groups excluding carboxylic acids is 1. The van der Waals surface area contributed by atoms with Crippen LogP contribution in [0.2, 0.25) is 0 Å². The zero-order valence-corrected chi connectivity index (χ0v) is 15.2. The summed E-state index contributed by atoms with van der Waals surface area (Å²) >= 11 is 1.54. The highest BCUT2D eigenvalue weighted by atomic mass is 32.2. The molecule has 6 nitrogen and oxygen atoms in total. The van der Waals surface area contributed by atoms with Crippen molar-refractivity contribution in [1.29, 1.82) is 0 Å². The van der Waals surface area contributed by atoms with E-state index in [4.69, 9.17) is 4.52 Å². The third-order valence-electron chi connectivity index (χ3n) is 4.46. The number of hydrogen-bond donors (Lipinski definition) is 1. The average molecular weight is 340 g/mol. The highest BCUT2D eigenvalue weighted by Crippen LogP contribution is 2.22. The lowest BCUT2D eigenvalue weighted by Gasteiger charge is -2.31. The molecule has 1 fully saturated rings. The predicted molar refractivity (Wildman–Crippen MR) is 92.3 cm³/mol. The Morgan fingerprint density at radius 1 is 1.43 bits per heavy atom. The SMILES string of the molecule is CNC(C)Cc1noc(CSCC(=O)N(C)C2CCCCC2)n1. The second-order valence-corrected chi connectivity index (χ2v) is 7.27. The summed E-state index contributed by atoms with van der Waals surface area (Å²) in [5, 5.41) is 7.12. The van der Waals surface area contributed by atoms with Crippen molar-refractivity contribution in [3.8, 4) is 0 Å². The molecular formula is C16H28N4O2S. The molecule has 1 heterocycles. The van der Waals surface area contributed by atoms with Crippen LogP contribution in [0.1, 0.15) is 50.7 Å². The molecule has 1 aromatic heterocycles. The molecule has 0 aromatic carbocycles. The highest BCUT2D eigenvalue weighted by molar-refractivity contribution is 7.99. The minimum absolute atomic E-state index is 0.199. The van der Waals surface area contributed by atoms with Crippen LogP contribution in [0.25, 0.3) is 0 Å². The number of likely N-dealkylation sites (N-methyl/N-ethyl adjacent to an activating group) is 1. The van der Waals surface area contributed by atoms with E-state index in [-0.39, 0.29) is 5.91 Å². The first-order valence-electron chi connectivity index (χ1n) is 8.42. The standard InChI is InChI=1S/C16H28N4O2S/c1-12(17-2)9-14-18-15(22-19-14)10-23-11-16(21)20(3)13-7-5-4-6-8-13/h12-13,17H,4-11H2,1-3H3. The van der Waals surface area contributed by atoms with Crippen molar-refractivity contribution in [2.75, 3.05) is 19.8 Å². The molecular weight excluding hydrogens is 312 g/mol. The van der Waals surface area contributed by atoms with E-state index in [9.17, 15) is 4.79 Å². The van der Waals surface area contributed by atoms with E-state index < -0.39 is 0 Å². The van der Waals surface area contributed by atoms with Crippen molar-refractivity contribution < 1.29 is 9.32 Å². The van der Waals surface area contributed by atoms with E-state index in [2.05, 4.69) is 22.4 Å². The van der Waals surface area contributed by atoms with E-state index >= 15 is 0 Å². The maximum Gasteiger partial charge on any atom is 0.236 e. The predicted octanol–water partition coefficient (Wildman–Crippen LogP) is 2.24. The molecule has 2 rings (SSSR count). The Bertz CT molecular complexity index is 488. The van der Waals surface area contributed by atoms with Crippen molar-refractivity contribution in [1.82, 2.24) is 20.4 Å². The minimum Gasteiger partial charge on any atom is -0.342 e. The number of aromatic nitrogens is 2. The van der Waals surface area contributed by atoms with Gasteiger partial charge in [0.15, 0.2) is 5.82 Å². The first-order valence-corrected chi connectivity index (χ1v) is 9.57. The molecule has 1 aromatic rings. The summed E-state index contributed by atoms with van der Waals surface area (Å²) in [6.07, 6.45) is 6.82. The number of nitrogens with one attached hydrogen (secondary N) is 1. The average Bonchev–Trinajstić information content (AvgIpc) is 3.02. The Hall–Kier alpha value is -1.08. The summed E-state index contributed by atoms with van der Waals surface area (Å²) in [5.74, 6) is 2.57. The number of carbonyl (C=O) groups is 1. The number of rotatable bonds is 8. The Morgan fingerprint density at radius 3 is 2.87 bits per heavy atom. The van der Waals surface area contributed by atoms with E-state index in [1.165, 1.54) is 19.3 Å². The van der Waals surface area contributed by atoms with Gasteiger partial charge >= 0.3 is 0 Å². The topological polar surface area (TPSA) is 71.3 Å². The van der Waals surface area contributed by atoms with Crippen LogP contribution in [0.5, 0.6) is 0 Å². The molecule has 0 saturated heterocycles. The molecule has 1 atom stereocenters. The summed E-state index contributed by atoms with van der Waals surface area (Å²) < 4.78 is 5.23. The van der Waals surface area contributed by atoms with Crippen LogP contribution in [0, 0.1) is 0 Å². The summed E-state index contributed by atoms with van der Waals surface area (Å²) in [6, 6.07) is 0.744. The normalized spacial score (nSPS) is 17.2. The largest absolute Gasteiger partial charge is 0.342 e. The van der Waals surface area contributed by atoms with Gasteiger partial charge in [0.2, 0.25) is 11.8 Å². The van der Waals surface area contributed by atoms with Crippen LogP contribution in [0.3, 0.4) is 0 Å². The monoisotopic (exact) mass is 340 g/mol. The lowest BCUT2D eigenvalue weighted by Crippen LogP contribution is -2.39. The molecule has 0 spiro atoms. The van der Waals surface area contributed by atoms with Crippen molar-refractivity contribution in [2.45, 2.75) is 63.3 Å². The maximum atomic E-state index is 12.3. The van der Waals surface area contributed by atoms with Gasteiger partial charge in [-0.15, -0.1) is 11.8 Å². The van der Waals surface area contributed by atoms with Crippen LogP contribution >= 0.6 is 11.8 Å². The molecule has 1 saturated carbocycles. The van der Waals surface area contributed by atoms with Crippen LogP contribution in [0.4, 0.5) is 0 Å². The van der Waals surface area contributed by atoms with E-state index in [0.717, 1.165) is 19.3 Å². The quantitative estimate of drug-likeness (QED) is 0.782. The molecule has 1 unspecified atom stereocenters. The van der Waals surface area contributed by atoms with Gasteiger partial charge < -0.3 is 14.7 Å². The Labute approximate surface area is 142 Å². The molecule has 1 N–H and O–H groups in total. The lowest BCUT2D eigenvalue weighted by atomic mass is 9.94. The first-order chi connectivity index (χ1) is 11.1. The van der Waals surface area contributed by atoms with Crippen molar-refractivity contribution >= 4 is 17.7 Å². The van der Waals surface area contributed by atoms with Crippen LogP contribution in [-0.2, 0) is 17.0 Å². The van der Waals surface area contributed by atoms with Crippen molar-refractivity contribution in [2.24, 2.45) is 0 Å². The Kier molecular flexibility index (Phi) is 7.36. The van der Waals surface area contributed by atoms with Crippen molar-refractivity contribution in [3.05, 3.63) is 11.7 Å². The highest BCUT2D eigenvalue weighted by Gasteiger charge is 2.22. The fourth-order valence-electron chi connectivity index (χ4n) is 2.81. The van der Waals surface area contributed by atoms with E-state index in [0.29, 0.717) is 35.3 Å². The third-order valence-corrected chi connectivity index (χ3v) is 5.36. The second-order valence-electron chi connectivity index (χ2n) is 6.29. The molecule has 0 bridgehead atoms. The van der Waals surface area contributed by atoms with Crippen molar-refractivity contribution in [3.63, 3.8) is 0 Å². The van der Waals surface area contributed by atoms with Gasteiger partial charge in [0.1, 0.15) is 0 Å². The Morgan fingerprint density at radius 2 is 2.17 bits per heavy atom. The number of hydrogen-bond acceptors (Lipinski definition) is 6. The lowest BCUT2D eigenvalue weighted by molar-refractivity contribution is -0.129. The van der Waals surface area contributed by atoms with Gasteiger partial charge in [-0.3, -0.25) is 4.79 Å². The molecule has 23 heavy (non-hydrogen) atoms. The summed E-state index contributed by atoms with van der Waals surface area (Å²) in [5.41, 5.74) is 0. The molecule has 1 aliphatic carbocycles.